The minimum absolute atomic E-state index is 0.0902. The van der Waals surface area contributed by atoms with Gasteiger partial charge in [-0.1, -0.05) is 63.1 Å². The van der Waals surface area contributed by atoms with Gasteiger partial charge in [0.2, 0.25) is 0 Å². The van der Waals surface area contributed by atoms with E-state index in [0.29, 0.717) is 48.8 Å². The molecule has 3 aromatic rings. The molecular formula is C37H46N2O8. The third-order valence-electron chi connectivity index (χ3n) is 7.19. The number of carbonyl (C=O) groups is 3. The Bertz CT molecular complexity index is 1390. The van der Waals surface area contributed by atoms with E-state index in [4.69, 9.17) is 23.7 Å². The maximum Gasteiger partial charge on any atom is 0.356 e. The van der Waals surface area contributed by atoms with Gasteiger partial charge in [-0.05, 0) is 68.5 Å². The molecule has 1 aromatic heterocycles. The average Bonchev–Trinajstić information content (AvgIpc) is 3.62. The zero-order chi connectivity index (χ0) is 33.9. The first-order valence-corrected chi connectivity index (χ1v) is 16.0. The molecule has 1 N–H and O–H groups in total. The van der Waals surface area contributed by atoms with Crippen LogP contribution in [0, 0.1) is 5.92 Å². The molecule has 0 spiro atoms. The topological polar surface area (TPSA) is 126 Å². The van der Waals surface area contributed by atoms with Crippen molar-refractivity contribution < 1.29 is 38.1 Å². The second kappa shape index (κ2) is 20.3. The number of hydrogen-bond acceptors (Lipinski definition) is 9. The first-order chi connectivity index (χ1) is 22.7. The summed E-state index contributed by atoms with van der Waals surface area (Å²) in [6.07, 6.45) is 9.60. The number of rotatable bonds is 22. The van der Waals surface area contributed by atoms with Gasteiger partial charge in [-0.15, -0.1) is 0 Å². The highest BCUT2D eigenvalue weighted by Gasteiger charge is 2.16. The van der Waals surface area contributed by atoms with Gasteiger partial charge in [0.25, 0.3) is 0 Å². The van der Waals surface area contributed by atoms with E-state index in [9.17, 15) is 14.4 Å². The van der Waals surface area contributed by atoms with E-state index in [1.807, 2.05) is 48.5 Å². The van der Waals surface area contributed by atoms with Crippen LogP contribution in [-0.4, -0.2) is 60.9 Å². The molecular weight excluding hydrogens is 600 g/mol. The van der Waals surface area contributed by atoms with Crippen LogP contribution in [0.3, 0.4) is 0 Å². The molecule has 47 heavy (non-hydrogen) atoms. The minimum atomic E-state index is -0.485. The first kappa shape index (κ1) is 36.6. The molecule has 1 heterocycles. The Hall–Kier alpha value is -4.86. The molecule has 0 radical (unpaired) electrons. The standard InChI is InChI=1S/C37H46N2O8/c1-27(2)35(40)46-24-29(25-47-36(41)28(3)4)19-22-44-33-17-13-31(14-18-33)30-11-15-32(16-12-30)43-20-9-7-5-6-8-10-21-45-37(42)34-23-38-26-39-34/h11-18,23,26,29H,1,3,5-10,19-22,24-25H2,2,4H3,(H,38,39). The van der Waals surface area contributed by atoms with Gasteiger partial charge in [-0.2, -0.15) is 0 Å². The van der Waals surface area contributed by atoms with Crippen molar-refractivity contribution in [1.29, 1.82) is 0 Å². The van der Waals surface area contributed by atoms with Gasteiger partial charge in [-0.25, -0.2) is 19.4 Å². The van der Waals surface area contributed by atoms with E-state index in [1.54, 1.807) is 13.8 Å². The van der Waals surface area contributed by atoms with E-state index in [0.717, 1.165) is 55.4 Å². The number of ether oxygens (including phenoxy) is 5. The molecule has 0 aliphatic carbocycles. The number of hydrogen-bond donors (Lipinski definition) is 1. The molecule has 0 amide bonds. The Kier molecular flexibility index (Phi) is 15.8. The van der Waals surface area contributed by atoms with Crippen LogP contribution in [0.25, 0.3) is 11.1 Å². The summed E-state index contributed by atoms with van der Waals surface area (Å²) in [5.41, 5.74) is 3.11. The van der Waals surface area contributed by atoms with E-state index < -0.39 is 11.9 Å². The van der Waals surface area contributed by atoms with Crippen molar-refractivity contribution in [2.75, 3.05) is 33.0 Å². The lowest BCUT2D eigenvalue weighted by atomic mass is 10.1. The van der Waals surface area contributed by atoms with E-state index in [1.165, 1.54) is 12.5 Å². The quantitative estimate of drug-likeness (QED) is 0.0519. The van der Waals surface area contributed by atoms with Gasteiger partial charge in [0, 0.05) is 17.1 Å². The number of H-pyrrole nitrogens is 1. The molecule has 3 rings (SSSR count). The summed E-state index contributed by atoms with van der Waals surface area (Å²) in [5, 5.41) is 0. The predicted molar refractivity (Wildman–Crippen MR) is 179 cm³/mol. The summed E-state index contributed by atoms with van der Waals surface area (Å²) in [4.78, 5) is 41.9. The molecule has 0 saturated carbocycles. The molecule has 0 fully saturated rings. The van der Waals surface area contributed by atoms with Crippen molar-refractivity contribution in [2.45, 2.75) is 58.8 Å². The fraction of sp³-hybridized carbons (Fsp3) is 0.405. The van der Waals surface area contributed by atoms with Crippen molar-refractivity contribution in [3.8, 4) is 22.6 Å². The number of aromatic amines is 1. The van der Waals surface area contributed by atoms with Crippen molar-refractivity contribution in [3.05, 3.63) is 91.1 Å². The lowest BCUT2D eigenvalue weighted by Crippen LogP contribution is -2.23. The fourth-order valence-corrected chi connectivity index (χ4v) is 4.39. The van der Waals surface area contributed by atoms with E-state index in [-0.39, 0.29) is 25.1 Å². The van der Waals surface area contributed by atoms with Gasteiger partial charge < -0.3 is 28.7 Å². The van der Waals surface area contributed by atoms with Crippen LogP contribution in [0.5, 0.6) is 11.5 Å². The Morgan fingerprint density at radius 2 is 1.17 bits per heavy atom. The molecule has 0 aliphatic heterocycles. The molecule has 0 aliphatic rings. The zero-order valence-electron chi connectivity index (χ0n) is 27.5. The minimum Gasteiger partial charge on any atom is -0.494 e. The van der Waals surface area contributed by atoms with Crippen LogP contribution in [-0.2, 0) is 23.8 Å². The lowest BCUT2D eigenvalue weighted by Gasteiger charge is -2.18. The summed E-state index contributed by atoms with van der Waals surface area (Å²) in [6, 6.07) is 15.8. The highest BCUT2D eigenvalue weighted by molar-refractivity contribution is 5.87. The van der Waals surface area contributed by atoms with Crippen LogP contribution in [0.4, 0.5) is 0 Å². The van der Waals surface area contributed by atoms with Crippen molar-refractivity contribution in [1.82, 2.24) is 9.97 Å². The number of nitrogens with one attached hydrogen (secondary N) is 1. The number of esters is 3. The highest BCUT2D eigenvalue weighted by Crippen LogP contribution is 2.25. The first-order valence-electron chi connectivity index (χ1n) is 16.0. The highest BCUT2D eigenvalue weighted by atomic mass is 16.5. The third-order valence-corrected chi connectivity index (χ3v) is 7.19. The van der Waals surface area contributed by atoms with Crippen LogP contribution in [0.2, 0.25) is 0 Å². The number of unbranched alkanes of at least 4 members (excludes halogenated alkanes) is 5. The van der Waals surface area contributed by atoms with Crippen molar-refractivity contribution in [2.24, 2.45) is 5.92 Å². The molecule has 2 aromatic carbocycles. The molecule has 0 saturated heterocycles. The zero-order valence-corrected chi connectivity index (χ0v) is 27.5. The van der Waals surface area contributed by atoms with Gasteiger partial charge in [0.15, 0.2) is 0 Å². The Morgan fingerprint density at radius 3 is 1.66 bits per heavy atom. The smallest absolute Gasteiger partial charge is 0.356 e. The normalized spacial score (nSPS) is 10.7. The van der Waals surface area contributed by atoms with Gasteiger partial charge in [0.1, 0.15) is 17.2 Å². The predicted octanol–water partition coefficient (Wildman–Crippen LogP) is 7.28. The number of imidazole rings is 1. The van der Waals surface area contributed by atoms with E-state index >= 15 is 0 Å². The number of carbonyl (C=O) groups excluding carboxylic acids is 3. The largest absolute Gasteiger partial charge is 0.494 e. The van der Waals surface area contributed by atoms with Gasteiger partial charge in [-0.3, -0.25) is 0 Å². The molecule has 0 atom stereocenters. The summed E-state index contributed by atoms with van der Waals surface area (Å²) >= 11 is 0. The second-order valence-electron chi connectivity index (χ2n) is 11.4. The molecule has 10 heteroatoms. The molecule has 0 unspecified atom stereocenters. The average molecular weight is 647 g/mol. The summed E-state index contributed by atoms with van der Waals surface area (Å²) < 4.78 is 27.6. The third kappa shape index (κ3) is 14.0. The van der Waals surface area contributed by atoms with Crippen molar-refractivity contribution >= 4 is 17.9 Å². The Morgan fingerprint density at radius 1 is 0.681 bits per heavy atom. The SMILES string of the molecule is C=C(C)C(=O)OCC(CCOc1ccc(-c2ccc(OCCCCCCCCOC(=O)c3cnc[nH]3)cc2)cc1)COC(=O)C(=C)C. The van der Waals surface area contributed by atoms with Crippen LogP contribution < -0.4 is 9.47 Å². The Balaban J connectivity index is 1.30. The summed E-state index contributed by atoms with van der Waals surface area (Å²) in [7, 11) is 0. The molecule has 252 valence electrons. The number of benzene rings is 2. The Labute approximate surface area is 277 Å². The monoisotopic (exact) mass is 646 g/mol. The van der Waals surface area contributed by atoms with Gasteiger partial charge >= 0.3 is 17.9 Å². The molecule has 0 bridgehead atoms. The maximum absolute atomic E-state index is 11.8. The fourth-order valence-electron chi connectivity index (χ4n) is 4.39. The number of nitrogens with zero attached hydrogens (tertiary/aromatic N) is 1. The lowest BCUT2D eigenvalue weighted by molar-refractivity contribution is -0.144. The summed E-state index contributed by atoms with van der Waals surface area (Å²) in [6.45, 7) is 12.0. The number of aromatic nitrogens is 2. The van der Waals surface area contributed by atoms with Crippen LogP contribution in [0.15, 0.2) is 85.4 Å². The summed E-state index contributed by atoms with van der Waals surface area (Å²) in [5.74, 6) is -0.0187. The van der Waals surface area contributed by atoms with Crippen LogP contribution >= 0.6 is 0 Å². The second-order valence-corrected chi connectivity index (χ2v) is 11.4. The molecule has 10 nitrogen and oxygen atoms in total. The van der Waals surface area contributed by atoms with Crippen LogP contribution in [0.1, 0.15) is 69.3 Å². The van der Waals surface area contributed by atoms with Gasteiger partial charge in [0.05, 0.1) is 45.6 Å². The van der Waals surface area contributed by atoms with Crippen molar-refractivity contribution in [3.63, 3.8) is 0 Å². The maximum atomic E-state index is 11.8. The van der Waals surface area contributed by atoms with E-state index in [2.05, 4.69) is 23.1 Å².